The normalized spacial score (nSPS) is 25.1. The number of ketones is 1. The third kappa shape index (κ3) is 3.78. The number of rotatable bonds is 7. The molecule has 1 unspecified atom stereocenters. The van der Waals surface area contributed by atoms with Gasteiger partial charge < -0.3 is 5.32 Å². The summed E-state index contributed by atoms with van der Waals surface area (Å²) in [6, 6.07) is 0. The molecular formula is C12H23NO3S. The van der Waals surface area contributed by atoms with Crippen LogP contribution in [0.5, 0.6) is 0 Å². The summed E-state index contributed by atoms with van der Waals surface area (Å²) in [6.45, 7) is 4.68. The fourth-order valence-corrected chi connectivity index (χ4v) is 3.77. The molecule has 1 saturated heterocycles. The van der Waals surface area contributed by atoms with E-state index in [1.54, 1.807) is 0 Å². The number of carbonyl (C=O) groups excluding carboxylic acids is 1. The zero-order valence-electron chi connectivity index (χ0n) is 10.8. The fraction of sp³-hybridized carbons (Fsp3) is 0.917. The molecule has 100 valence electrons. The lowest BCUT2D eigenvalue weighted by atomic mass is 9.88. The van der Waals surface area contributed by atoms with Crippen LogP contribution in [0.2, 0.25) is 0 Å². The lowest BCUT2D eigenvalue weighted by molar-refractivity contribution is -0.124. The van der Waals surface area contributed by atoms with Gasteiger partial charge in [-0.25, -0.2) is 8.42 Å². The van der Waals surface area contributed by atoms with Crippen molar-refractivity contribution in [3.63, 3.8) is 0 Å². The molecule has 0 bridgehead atoms. The van der Waals surface area contributed by atoms with Gasteiger partial charge in [0.25, 0.3) is 0 Å². The molecule has 1 atom stereocenters. The monoisotopic (exact) mass is 261 g/mol. The van der Waals surface area contributed by atoms with Gasteiger partial charge in [0.1, 0.15) is 0 Å². The minimum atomic E-state index is -3.04. The second-order valence-corrected chi connectivity index (χ2v) is 7.09. The van der Waals surface area contributed by atoms with Crippen molar-refractivity contribution in [1.29, 1.82) is 0 Å². The Hall–Kier alpha value is -0.420. The van der Waals surface area contributed by atoms with E-state index in [0.29, 0.717) is 6.42 Å². The van der Waals surface area contributed by atoms with Crippen molar-refractivity contribution >= 4 is 15.6 Å². The first-order valence-electron chi connectivity index (χ1n) is 6.44. The van der Waals surface area contributed by atoms with Gasteiger partial charge in [0.15, 0.2) is 15.6 Å². The lowest BCUT2D eigenvalue weighted by Crippen LogP contribution is -2.47. The van der Waals surface area contributed by atoms with Crippen molar-refractivity contribution in [1.82, 2.24) is 5.32 Å². The van der Waals surface area contributed by atoms with E-state index in [0.717, 1.165) is 25.8 Å². The maximum Gasteiger partial charge on any atom is 0.153 e. The first kappa shape index (κ1) is 14.6. The highest BCUT2D eigenvalue weighted by Crippen LogP contribution is 2.25. The summed E-state index contributed by atoms with van der Waals surface area (Å²) < 4.78 is 23.1. The molecule has 0 aliphatic carbocycles. The van der Waals surface area contributed by atoms with Crippen molar-refractivity contribution < 1.29 is 13.2 Å². The van der Waals surface area contributed by atoms with Gasteiger partial charge in [0.05, 0.1) is 11.3 Å². The van der Waals surface area contributed by atoms with Gasteiger partial charge in [-0.2, -0.15) is 0 Å². The number of sulfone groups is 1. The van der Waals surface area contributed by atoms with Gasteiger partial charge >= 0.3 is 0 Å². The van der Waals surface area contributed by atoms with E-state index in [9.17, 15) is 13.2 Å². The van der Waals surface area contributed by atoms with Crippen LogP contribution in [0, 0.1) is 0 Å². The van der Waals surface area contributed by atoms with Crippen LogP contribution in [0.4, 0.5) is 0 Å². The summed E-state index contributed by atoms with van der Waals surface area (Å²) in [5.41, 5.74) is -0.443. The Bertz CT molecular complexity index is 356. The molecule has 0 saturated carbocycles. The van der Waals surface area contributed by atoms with Gasteiger partial charge in [-0.1, -0.05) is 13.8 Å². The smallest absolute Gasteiger partial charge is 0.153 e. The van der Waals surface area contributed by atoms with E-state index in [1.807, 2.05) is 13.8 Å². The molecule has 5 heteroatoms. The third-order valence-electron chi connectivity index (χ3n) is 3.54. The minimum Gasteiger partial charge on any atom is -0.305 e. The second-order valence-electron chi connectivity index (χ2n) is 4.79. The Morgan fingerprint density at radius 2 is 2.00 bits per heavy atom. The van der Waals surface area contributed by atoms with Crippen molar-refractivity contribution in [2.45, 2.75) is 51.5 Å². The topological polar surface area (TPSA) is 63.2 Å². The average Bonchev–Trinajstić information content (AvgIpc) is 2.75. The largest absolute Gasteiger partial charge is 0.305 e. The molecular weight excluding hydrogens is 238 g/mol. The van der Waals surface area contributed by atoms with Gasteiger partial charge in [-0.05, 0) is 32.2 Å². The highest BCUT2D eigenvalue weighted by molar-refractivity contribution is 7.91. The predicted octanol–water partition coefficient (Wildman–Crippen LogP) is 1.30. The molecule has 0 amide bonds. The van der Waals surface area contributed by atoms with E-state index in [2.05, 4.69) is 5.32 Å². The van der Waals surface area contributed by atoms with Gasteiger partial charge in [0, 0.05) is 12.2 Å². The Labute approximate surface area is 104 Å². The first-order chi connectivity index (χ1) is 7.96. The molecule has 0 aromatic rings. The zero-order valence-corrected chi connectivity index (χ0v) is 11.6. The number of hydrogen-bond acceptors (Lipinski definition) is 4. The number of nitrogens with one attached hydrogen (secondary N) is 1. The van der Waals surface area contributed by atoms with Crippen LogP contribution in [0.25, 0.3) is 0 Å². The molecule has 0 aromatic carbocycles. The minimum absolute atomic E-state index is 0.00308. The molecule has 0 radical (unpaired) electrons. The van der Waals surface area contributed by atoms with E-state index in [-0.39, 0.29) is 23.7 Å². The lowest BCUT2D eigenvalue weighted by Gasteiger charge is -2.26. The second kappa shape index (κ2) is 5.96. The summed E-state index contributed by atoms with van der Waals surface area (Å²) in [6.07, 6.45) is 3.37. The predicted molar refractivity (Wildman–Crippen MR) is 68.8 cm³/mol. The molecule has 1 aliphatic rings. The summed E-state index contributed by atoms with van der Waals surface area (Å²) in [7, 11) is -3.04. The van der Waals surface area contributed by atoms with Gasteiger partial charge in [0.2, 0.25) is 0 Å². The average molecular weight is 261 g/mol. The molecule has 1 heterocycles. The van der Waals surface area contributed by atoms with Crippen LogP contribution in [-0.4, -0.2) is 37.8 Å². The standard InChI is InChI=1S/C12H23NO3S/c1-3-9-17(15,16)10-6-11(14)12(4-2)7-5-8-13-12/h13H,3-10H2,1-2H3. The maximum absolute atomic E-state index is 12.1. The summed E-state index contributed by atoms with van der Waals surface area (Å²) >= 11 is 0. The van der Waals surface area contributed by atoms with E-state index in [1.165, 1.54) is 0 Å². The molecule has 0 spiro atoms. The Morgan fingerprint density at radius 1 is 1.29 bits per heavy atom. The van der Waals surface area contributed by atoms with Crippen LogP contribution in [0.1, 0.15) is 46.0 Å². The Kier molecular flexibility index (Phi) is 5.13. The van der Waals surface area contributed by atoms with Crippen molar-refractivity contribution in [2.75, 3.05) is 18.1 Å². The molecule has 1 N–H and O–H groups in total. The van der Waals surface area contributed by atoms with Crippen molar-refractivity contribution in [3.05, 3.63) is 0 Å². The Balaban J connectivity index is 2.54. The zero-order chi connectivity index (χ0) is 12.9. The highest BCUT2D eigenvalue weighted by atomic mass is 32.2. The maximum atomic E-state index is 12.1. The quantitative estimate of drug-likeness (QED) is 0.750. The van der Waals surface area contributed by atoms with Gasteiger partial charge in [-0.15, -0.1) is 0 Å². The fourth-order valence-electron chi connectivity index (χ4n) is 2.44. The molecule has 4 nitrogen and oxygen atoms in total. The molecule has 17 heavy (non-hydrogen) atoms. The molecule has 1 fully saturated rings. The Morgan fingerprint density at radius 3 is 2.47 bits per heavy atom. The number of Topliss-reactive ketones (excluding diaryl/α,β-unsaturated/α-hetero) is 1. The van der Waals surface area contributed by atoms with Crippen molar-refractivity contribution in [3.8, 4) is 0 Å². The molecule has 1 rings (SSSR count). The van der Waals surface area contributed by atoms with Crippen LogP contribution >= 0.6 is 0 Å². The van der Waals surface area contributed by atoms with Crippen LogP contribution in [0.15, 0.2) is 0 Å². The van der Waals surface area contributed by atoms with Crippen LogP contribution in [-0.2, 0) is 14.6 Å². The van der Waals surface area contributed by atoms with Crippen LogP contribution in [0.3, 0.4) is 0 Å². The van der Waals surface area contributed by atoms with E-state index in [4.69, 9.17) is 0 Å². The summed E-state index contributed by atoms with van der Waals surface area (Å²) in [5, 5.41) is 3.24. The van der Waals surface area contributed by atoms with E-state index >= 15 is 0 Å². The van der Waals surface area contributed by atoms with E-state index < -0.39 is 15.4 Å². The summed E-state index contributed by atoms with van der Waals surface area (Å²) in [4.78, 5) is 12.1. The third-order valence-corrected chi connectivity index (χ3v) is 5.39. The number of hydrogen-bond donors (Lipinski definition) is 1. The molecule has 1 aliphatic heterocycles. The van der Waals surface area contributed by atoms with Crippen LogP contribution < -0.4 is 5.32 Å². The number of carbonyl (C=O) groups is 1. The van der Waals surface area contributed by atoms with Gasteiger partial charge in [-0.3, -0.25) is 4.79 Å². The summed E-state index contributed by atoms with van der Waals surface area (Å²) in [5.74, 6) is 0.257. The molecule has 0 aromatic heterocycles. The SMILES string of the molecule is CCCS(=O)(=O)CCC(=O)C1(CC)CCCN1. The van der Waals surface area contributed by atoms with Crippen molar-refractivity contribution in [2.24, 2.45) is 0 Å². The highest BCUT2D eigenvalue weighted by Gasteiger charge is 2.38. The first-order valence-corrected chi connectivity index (χ1v) is 8.26.